The van der Waals surface area contributed by atoms with E-state index in [0.717, 1.165) is 29.8 Å². The summed E-state index contributed by atoms with van der Waals surface area (Å²) in [6, 6.07) is 16.0. The molecule has 6 nitrogen and oxygen atoms in total. The first-order valence-corrected chi connectivity index (χ1v) is 10.8. The summed E-state index contributed by atoms with van der Waals surface area (Å²) < 4.78 is 1.70. The predicted octanol–water partition coefficient (Wildman–Crippen LogP) is 3.13. The number of carbonyl (C=O) groups is 1. The fourth-order valence-electron chi connectivity index (χ4n) is 3.92. The van der Waals surface area contributed by atoms with E-state index in [-0.39, 0.29) is 12.5 Å². The minimum Gasteiger partial charge on any atom is -0.393 e. The number of aromatic nitrogens is 2. The highest BCUT2D eigenvalue weighted by Gasteiger charge is 2.29. The zero-order valence-electron chi connectivity index (χ0n) is 18.3. The van der Waals surface area contributed by atoms with Gasteiger partial charge in [0.15, 0.2) is 0 Å². The largest absolute Gasteiger partial charge is 0.393 e. The molecule has 0 radical (unpaired) electrons. The smallest absolute Gasteiger partial charge is 0.219 e. The molecular formula is C26H27N3O3. The standard InChI is InChI=1S/C26H27N3O3/c1-18(31)26-27-13-14-29(26)25(17-30)12-5-20-3-6-21(7-4-20)22-8-10-23(11-9-22)24-15-28(16-24)19(2)32/h3-4,6-11,13-14,18,24-25,30-31H,15-17H2,1-2H3/t18-,25-/m0/s1. The van der Waals surface area contributed by atoms with Crippen LogP contribution in [0.25, 0.3) is 11.1 Å². The third-order valence-electron chi connectivity index (χ3n) is 5.89. The Hall–Kier alpha value is -3.40. The number of amides is 1. The number of hydrogen-bond donors (Lipinski definition) is 2. The average molecular weight is 430 g/mol. The Labute approximate surface area is 188 Å². The minimum atomic E-state index is -0.733. The predicted molar refractivity (Wildman–Crippen MR) is 123 cm³/mol. The van der Waals surface area contributed by atoms with E-state index in [1.807, 2.05) is 29.2 Å². The summed E-state index contributed by atoms with van der Waals surface area (Å²) in [7, 11) is 0. The number of aliphatic hydroxyl groups is 2. The van der Waals surface area contributed by atoms with Crippen molar-refractivity contribution in [3.05, 3.63) is 77.9 Å². The van der Waals surface area contributed by atoms with E-state index in [1.54, 1.807) is 30.8 Å². The van der Waals surface area contributed by atoms with Crippen molar-refractivity contribution in [2.45, 2.75) is 31.9 Å². The Balaban J connectivity index is 1.44. The van der Waals surface area contributed by atoms with Crippen molar-refractivity contribution < 1.29 is 15.0 Å². The van der Waals surface area contributed by atoms with Crippen molar-refractivity contribution in [1.29, 1.82) is 0 Å². The van der Waals surface area contributed by atoms with Gasteiger partial charge in [0.2, 0.25) is 5.91 Å². The molecule has 1 aliphatic heterocycles. The molecule has 1 saturated heterocycles. The van der Waals surface area contributed by atoms with E-state index in [2.05, 4.69) is 41.1 Å². The molecule has 0 saturated carbocycles. The van der Waals surface area contributed by atoms with Crippen molar-refractivity contribution in [3.63, 3.8) is 0 Å². The minimum absolute atomic E-state index is 0.139. The molecule has 6 heteroatoms. The Kier molecular flexibility index (Phi) is 6.40. The molecule has 2 atom stereocenters. The first kappa shape index (κ1) is 21.8. The van der Waals surface area contributed by atoms with Gasteiger partial charge in [-0.25, -0.2) is 4.98 Å². The van der Waals surface area contributed by atoms with E-state index < -0.39 is 12.1 Å². The van der Waals surface area contributed by atoms with Gasteiger partial charge in [-0.3, -0.25) is 4.79 Å². The first-order valence-electron chi connectivity index (χ1n) is 10.8. The van der Waals surface area contributed by atoms with Crippen molar-refractivity contribution in [3.8, 4) is 23.0 Å². The van der Waals surface area contributed by atoms with Crippen molar-refractivity contribution >= 4 is 5.91 Å². The van der Waals surface area contributed by atoms with Gasteiger partial charge in [0.25, 0.3) is 0 Å². The number of hydrogen-bond acceptors (Lipinski definition) is 4. The lowest BCUT2D eigenvalue weighted by molar-refractivity contribution is -0.133. The molecule has 164 valence electrons. The van der Waals surface area contributed by atoms with Crippen LogP contribution in [0.5, 0.6) is 0 Å². The Morgan fingerprint density at radius 2 is 1.75 bits per heavy atom. The molecular weight excluding hydrogens is 402 g/mol. The second-order valence-corrected chi connectivity index (χ2v) is 8.16. The van der Waals surface area contributed by atoms with Crippen molar-refractivity contribution in [1.82, 2.24) is 14.5 Å². The normalized spacial score (nSPS) is 15.4. The van der Waals surface area contributed by atoms with Crippen molar-refractivity contribution in [2.24, 2.45) is 0 Å². The number of carbonyl (C=O) groups excluding carboxylic acids is 1. The second-order valence-electron chi connectivity index (χ2n) is 8.16. The molecule has 1 aliphatic rings. The Bertz CT molecular complexity index is 1130. The molecule has 0 unspecified atom stereocenters. The summed E-state index contributed by atoms with van der Waals surface area (Å²) in [4.78, 5) is 17.4. The molecule has 32 heavy (non-hydrogen) atoms. The van der Waals surface area contributed by atoms with Gasteiger partial charge >= 0.3 is 0 Å². The number of nitrogens with zero attached hydrogens (tertiary/aromatic N) is 3. The topological polar surface area (TPSA) is 78.6 Å². The quantitative estimate of drug-likeness (QED) is 0.611. The van der Waals surface area contributed by atoms with Crippen LogP contribution in [0.2, 0.25) is 0 Å². The highest BCUT2D eigenvalue weighted by atomic mass is 16.3. The molecule has 4 rings (SSSR count). The van der Waals surface area contributed by atoms with Gasteiger partial charge in [-0.05, 0) is 35.7 Å². The second kappa shape index (κ2) is 9.39. The summed E-state index contributed by atoms with van der Waals surface area (Å²) in [5.41, 5.74) is 4.34. The third-order valence-corrected chi connectivity index (χ3v) is 5.89. The SMILES string of the molecule is CC(=O)N1CC(c2ccc(-c3ccc(C#C[C@@H](CO)n4ccnc4[C@H](C)O)cc3)cc2)C1. The Morgan fingerprint density at radius 1 is 1.12 bits per heavy atom. The number of aliphatic hydroxyl groups excluding tert-OH is 2. The lowest BCUT2D eigenvalue weighted by atomic mass is 9.90. The third kappa shape index (κ3) is 4.59. The van der Waals surface area contributed by atoms with E-state index in [1.165, 1.54) is 5.56 Å². The Morgan fingerprint density at radius 3 is 2.31 bits per heavy atom. The van der Waals surface area contributed by atoms with Crippen LogP contribution in [0.3, 0.4) is 0 Å². The van der Waals surface area contributed by atoms with Crippen LogP contribution < -0.4 is 0 Å². The highest BCUT2D eigenvalue weighted by molar-refractivity contribution is 5.74. The molecule has 2 heterocycles. The molecule has 3 aromatic rings. The molecule has 0 spiro atoms. The lowest BCUT2D eigenvalue weighted by Crippen LogP contribution is -2.47. The average Bonchev–Trinajstić information content (AvgIpc) is 3.24. The van der Waals surface area contributed by atoms with Crippen LogP contribution in [-0.4, -0.2) is 50.3 Å². The van der Waals surface area contributed by atoms with E-state index >= 15 is 0 Å². The molecule has 2 aromatic carbocycles. The van der Waals surface area contributed by atoms with Crippen LogP contribution in [0, 0.1) is 11.8 Å². The monoisotopic (exact) mass is 429 g/mol. The van der Waals surface area contributed by atoms with Crippen LogP contribution in [0.4, 0.5) is 0 Å². The number of likely N-dealkylation sites (tertiary alicyclic amines) is 1. The van der Waals surface area contributed by atoms with Gasteiger partial charge < -0.3 is 19.7 Å². The van der Waals surface area contributed by atoms with Gasteiger partial charge in [0.05, 0.1) is 6.61 Å². The van der Waals surface area contributed by atoms with E-state index in [0.29, 0.717) is 11.7 Å². The van der Waals surface area contributed by atoms with Crippen molar-refractivity contribution in [2.75, 3.05) is 19.7 Å². The molecule has 0 aliphatic carbocycles. The number of imidazole rings is 1. The first-order chi connectivity index (χ1) is 15.5. The van der Waals surface area contributed by atoms with Crippen LogP contribution in [0.15, 0.2) is 60.9 Å². The maximum atomic E-state index is 11.4. The molecule has 0 bridgehead atoms. The summed E-state index contributed by atoms with van der Waals surface area (Å²) in [6.07, 6.45) is 2.58. The fraction of sp³-hybridized carbons (Fsp3) is 0.308. The fourth-order valence-corrected chi connectivity index (χ4v) is 3.92. The summed E-state index contributed by atoms with van der Waals surface area (Å²) in [5.74, 6) is 7.22. The number of benzene rings is 2. The summed E-state index contributed by atoms with van der Waals surface area (Å²) in [5, 5.41) is 19.6. The summed E-state index contributed by atoms with van der Waals surface area (Å²) >= 11 is 0. The zero-order valence-corrected chi connectivity index (χ0v) is 18.3. The van der Waals surface area contributed by atoms with Crippen LogP contribution in [-0.2, 0) is 4.79 Å². The maximum Gasteiger partial charge on any atom is 0.219 e. The van der Waals surface area contributed by atoms with Crippen LogP contribution in [0.1, 0.15) is 48.9 Å². The molecule has 1 fully saturated rings. The van der Waals surface area contributed by atoms with E-state index in [4.69, 9.17) is 0 Å². The van der Waals surface area contributed by atoms with Crippen LogP contribution >= 0.6 is 0 Å². The van der Waals surface area contributed by atoms with Gasteiger partial charge in [-0.2, -0.15) is 0 Å². The van der Waals surface area contributed by atoms with Gasteiger partial charge in [-0.15, -0.1) is 0 Å². The highest BCUT2D eigenvalue weighted by Crippen LogP contribution is 2.29. The van der Waals surface area contributed by atoms with E-state index in [9.17, 15) is 15.0 Å². The summed E-state index contributed by atoms with van der Waals surface area (Å²) in [6.45, 7) is 4.68. The van der Waals surface area contributed by atoms with Gasteiger partial charge in [0, 0.05) is 43.9 Å². The maximum absolute atomic E-state index is 11.4. The van der Waals surface area contributed by atoms with Gasteiger partial charge in [-0.1, -0.05) is 48.2 Å². The molecule has 1 amide bonds. The lowest BCUT2D eigenvalue weighted by Gasteiger charge is -2.39. The zero-order chi connectivity index (χ0) is 22.7. The number of rotatable bonds is 5. The molecule has 2 N–H and O–H groups in total. The molecule has 1 aromatic heterocycles. The van der Waals surface area contributed by atoms with Gasteiger partial charge in [0.1, 0.15) is 18.0 Å².